The van der Waals surface area contributed by atoms with Crippen molar-refractivity contribution in [1.82, 2.24) is 4.98 Å². The zero-order valence-electron chi connectivity index (χ0n) is 7.79. The minimum atomic E-state index is 1.06. The largest absolute Gasteiger partial charge is 0.249 e. The highest BCUT2D eigenvalue weighted by Crippen LogP contribution is 2.27. The highest BCUT2D eigenvalue weighted by molar-refractivity contribution is 7.15. The van der Waals surface area contributed by atoms with E-state index in [1.54, 1.807) is 11.3 Å². The van der Waals surface area contributed by atoms with Crippen LogP contribution in [0.15, 0.2) is 4.99 Å². The van der Waals surface area contributed by atoms with Crippen LogP contribution in [-0.4, -0.2) is 11.2 Å². The van der Waals surface area contributed by atoms with Gasteiger partial charge in [-0.3, -0.25) is 0 Å². The maximum atomic E-state index is 4.42. The Morgan fingerprint density at radius 2 is 2.33 bits per heavy atom. The predicted molar refractivity (Wildman–Crippen MR) is 54.7 cm³/mol. The van der Waals surface area contributed by atoms with E-state index in [-0.39, 0.29) is 0 Å². The van der Waals surface area contributed by atoms with Crippen LogP contribution in [0.1, 0.15) is 31.0 Å². The second kappa shape index (κ2) is 4.36. The molecule has 1 rings (SSSR count). The van der Waals surface area contributed by atoms with Gasteiger partial charge in [0.05, 0.1) is 10.7 Å². The Morgan fingerprint density at radius 1 is 1.58 bits per heavy atom. The number of rotatable bonds is 3. The van der Waals surface area contributed by atoms with E-state index in [0.717, 1.165) is 23.5 Å². The van der Waals surface area contributed by atoms with Crippen molar-refractivity contribution in [2.75, 3.05) is 0 Å². The van der Waals surface area contributed by atoms with Crippen molar-refractivity contribution in [3.8, 4) is 0 Å². The molecule has 1 aromatic rings. The molecule has 0 aromatic carbocycles. The molecule has 0 amide bonds. The third-order valence-electron chi connectivity index (χ3n) is 1.53. The van der Waals surface area contributed by atoms with Crippen LogP contribution in [0.25, 0.3) is 0 Å². The van der Waals surface area contributed by atoms with Gasteiger partial charge in [-0.2, -0.15) is 0 Å². The molecule has 0 fully saturated rings. The first-order valence-corrected chi connectivity index (χ1v) is 5.04. The fourth-order valence-corrected chi connectivity index (χ4v) is 2.06. The van der Waals surface area contributed by atoms with Gasteiger partial charge in [-0.05, 0) is 26.7 Å². The summed E-state index contributed by atoms with van der Waals surface area (Å²) in [5.41, 5.74) is 1.06. The summed E-state index contributed by atoms with van der Waals surface area (Å²) in [5.74, 6) is 0. The molecule has 1 aromatic heterocycles. The van der Waals surface area contributed by atoms with Crippen LogP contribution in [0.5, 0.6) is 0 Å². The molecule has 0 bridgehead atoms. The first kappa shape index (κ1) is 9.39. The number of aryl methyl sites for hydroxylation is 2. The van der Waals surface area contributed by atoms with Crippen LogP contribution in [0.4, 0.5) is 5.00 Å². The maximum Gasteiger partial charge on any atom is 0.138 e. The summed E-state index contributed by atoms with van der Waals surface area (Å²) >= 11 is 1.70. The maximum absolute atomic E-state index is 4.42. The number of hydrogen-bond donors (Lipinski definition) is 0. The van der Waals surface area contributed by atoms with Gasteiger partial charge in [-0.1, -0.05) is 18.3 Å². The van der Waals surface area contributed by atoms with E-state index in [1.807, 2.05) is 20.1 Å². The Labute approximate surface area is 77.4 Å². The third-order valence-corrected chi connectivity index (χ3v) is 2.65. The van der Waals surface area contributed by atoms with Crippen molar-refractivity contribution in [3.05, 3.63) is 10.7 Å². The molecular weight excluding hydrogens is 168 g/mol. The van der Waals surface area contributed by atoms with Crippen molar-refractivity contribution in [2.45, 2.75) is 33.6 Å². The minimum absolute atomic E-state index is 1.06. The monoisotopic (exact) mass is 182 g/mol. The van der Waals surface area contributed by atoms with Gasteiger partial charge in [0.15, 0.2) is 0 Å². The quantitative estimate of drug-likeness (QED) is 0.659. The molecule has 0 spiro atoms. The van der Waals surface area contributed by atoms with E-state index in [9.17, 15) is 0 Å². The molecular formula is C9H14N2S. The van der Waals surface area contributed by atoms with Crippen molar-refractivity contribution < 1.29 is 0 Å². The van der Waals surface area contributed by atoms with Gasteiger partial charge < -0.3 is 0 Å². The van der Waals surface area contributed by atoms with Crippen molar-refractivity contribution >= 4 is 22.6 Å². The molecule has 3 heteroatoms. The van der Waals surface area contributed by atoms with Crippen LogP contribution in [0, 0.1) is 6.92 Å². The zero-order valence-corrected chi connectivity index (χ0v) is 8.61. The SMILES string of the molecule is CC=Nc1sc(CCC)nc1C. The Hall–Kier alpha value is -0.700. The standard InChI is InChI=1S/C9H14N2S/c1-4-6-8-11-7(3)9(12-8)10-5-2/h5H,4,6H2,1-3H3. The number of aromatic nitrogens is 1. The molecule has 2 nitrogen and oxygen atoms in total. The Morgan fingerprint density at radius 3 is 2.92 bits per heavy atom. The lowest BCUT2D eigenvalue weighted by Gasteiger charge is -1.85. The molecule has 0 unspecified atom stereocenters. The smallest absolute Gasteiger partial charge is 0.138 e. The summed E-state index contributed by atoms with van der Waals surface area (Å²) in [5, 5.41) is 2.26. The van der Waals surface area contributed by atoms with Crippen LogP contribution in [0.2, 0.25) is 0 Å². The van der Waals surface area contributed by atoms with Crippen LogP contribution in [-0.2, 0) is 6.42 Å². The molecule has 0 radical (unpaired) electrons. The van der Waals surface area contributed by atoms with Crippen LogP contribution >= 0.6 is 11.3 Å². The van der Waals surface area contributed by atoms with Gasteiger partial charge in [-0.25, -0.2) is 9.98 Å². The van der Waals surface area contributed by atoms with E-state index in [1.165, 1.54) is 5.01 Å². The molecule has 66 valence electrons. The Bertz CT molecular complexity index is 276. The number of aliphatic imine (C=N–C) groups is 1. The predicted octanol–water partition coefficient (Wildman–Crippen LogP) is 3.13. The second-order valence-corrected chi connectivity index (χ2v) is 3.70. The molecule has 0 N–H and O–H groups in total. The number of hydrogen-bond acceptors (Lipinski definition) is 3. The summed E-state index contributed by atoms with van der Waals surface area (Å²) in [6, 6.07) is 0. The lowest BCUT2D eigenvalue weighted by atomic mass is 10.3. The molecule has 0 aliphatic heterocycles. The molecule has 1 heterocycles. The summed E-state index contributed by atoms with van der Waals surface area (Å²) in [7, 11) is 0. The normalized spacial score (nSPS) is 11.2. The van der Waals surface area contributed by atoms with E-state index < -0.39 is 0 Å². The van der Waals surface area contributed by atoms with Crippen molar-refractivity contribution in [1.29, 1.82) is 0 Å². The summed E-state index contributed by atoms with van der Waals surface area (Å²) in [6.45, 7) is 6.11. The fraction of sp³-hybridized carbons (Fsp3) is 0.556. The second-order valence-electron chi connectivity index (χ2n) is 2.64. The molecule has 0 saturated carbocycles. The summed E-state index contributed by atoms with van der Waals surface area (Å²) in [4.78, 5) is 8.66. The van der Waals surface area contributed by atoms with Gasteiger partial charge in [0, 0.05) is 6.21 Å². The number of nitrogens with zero attached hydrogens (tertiary/aromatic N) is 2. The van der Waals surface area contributed by atoms with Gasteiger partial charge >= 0.3 is 0 Å². The first-order valence-electron chi connectivity index (χ1n) is 4.23. The van der Waals surface area contributed by atoms with Crippen LogP contribution in [0.3, 0.4) is 0 Å². The Balaban J connectivity index is 2.84. The summed E-state index contributed by atoms with van der Waals surface area (Å²) < 4.78 is 0. The average Bonchev–Trinajstić information content (AvgIpc) is 2.34. The lowest BCUT2D eigenvalue weighted by molar-refractivity contribution is 0.903. The molecule has 12 heavy (non-hydrogen) atoms. The molecule has 0 saturated heterocycles. The van der Waals surface area contributed by atoms with E-state index in [4.69, 9.17) is 0 Å². The molecule has 0 aliphatic rings. The zero-order chi connectivity index (χ0) is 8.97. The minimum Gasteiger partial charge on any atom is -0.249 e. The van der Waals surface area contributed by atoms with E-state index >= 15 is 0 Å². The highest BCUT2D eigenvalue weighted by Gasteiger charge is 2.03. The molecule has 0 aliphatic carbocycles. The van der Waals surface area contributed by atoms with Crippen molar-refractivity contribution in [3.63, 3.8) is 0 Å². The van der Waals surface area contributed by atoms with E-state index in [2.05, 4.69) is 16.9 Å². The fourth-order valence-electron chi connectivity index (χ4n) is 1.00. The van der Waals surface area contributed by atoms with E-state index in [0.29, 0.717) is 0 Å². The highest BCUT2D eigenvalue weighted by atomic mass is 32.1. The first-order chi connectivity index (χ1) is 5.77. The lowest BCUT2D eigenvalue weighted by Crippen LogP contribution is -1.79. The van der Waals surface area contributed by atoms with Gasteiger partial charge in [0.25, 0.3) is 0 Å². The van der Waals surface area contributed by atoms with Gasteiger partial charge in [-0.15, -0.1) is 0 Å². The summed E-state index contributed by atoms with van der Waals surface area (Å²) in [6.07, 6.45) is 4.04. The average molecular weight is 182 g/mol. The van der Waals surface area contributed by atoms with Gasteiger partial charge in [0.1, 0.15) is 5.00 Å². The van der Waals surface area contributed by atoms with Crippen LogP contribution < -0.4 is 0 Å². The topological polar surface area (TPSA) is 25.2 Å². The Kier molecular flexibility index (Phi) is 3.41. The van der Waals surface area contributed by atoms with Crippen molar-refractivity contribution in [2.24, 2.45) is 4.99 Å². The third kappa shape index (κ3) is 2.14. The van der Waals surface area contributed by atoms with Gasteiger partial charge in [0.2, 0.25) is 0 Å². The number of thiazole rings is 1. The molecule has 0 atom stereocenters.